The van der Waals surface area contributed by atoms with Crippen molar-refractivity contribution >= 4 is 77.0 Å². The monoisotopic (exact) mass is 1880 g/mol. The zero-order chi connectivity index (χ0) is 100. The Morgan fingerprint density at radius 3 is 0.819 bits per heavy atom. The highest BCUT2D eigenvalue weighted by Gasteiger charge is 2.20. The van der Waals surface area contributed by atoms with E-state index in [9.17, 15) is 9.59 Å². The summed E-state index contributed by atoms with van der Waals surface area (Å²) in [6, 6.07) is 113. The summed E-state index contributed by atoms with van der Waals surface area (Å²) < 4.78 is 0. The molecule has 0 aliphatic carbocycles. The quantitative estimate of drug-likeness (QED) is 0.0863. The first-order valence-electron chi connectivity index (χ1n) is 47.6. The molecule has 0 radical (unpaired) electrons. The van der Waals surface area contributed by atoms with Crippen LogP contribution in [0.25, 0.3) is 167 Å². The predicted octanol–water partition coefficient (Wildman–Crippen LogP) is 30.0. The molecule has 18 nitrogen and oxygen atoms in total. The fourth-order valence-corrected chi connectivity index (χ4v) is 16.1. The molecule has 7 aromatic carbocycles. The Morgan fingerprint density at radius 2 is 0.472 bits per heavy atom. The molecule has 144 heavy (non-hydrogen) atoms. The number of hydrogen-bond acceptors (Lipinski definition) is 18. The van der Waals surface area contributed by atoms with E-state index < -0.39 is 0 Å². The third-order valence-electron chi connectivity index (χ3n) is 24.0. The van der Waals surface area contributed by atoms with Gasteiger partial charge in [0, 0.05) is 143 Å². The van der Waals surface area contributed by atoms with E-state index in [0.717, 1.165) is 111 Å². The number of aryl methyl sites for hydroxylation is 4. The molecule has 704 valence electrons. The van der Waals surface area contributed by atoms with Crippen molar-refractivity contribution in [2.75, 3.05) is 0 Å². The third-order valence-corrected chi connectivity index (χ3v) is 24.0. The van der Waals surface area contributed by atoms with E-state index in [4.69, 9.17) is 0 Å². The summed E-state index contributed by atoms with van der Waals surface area (Å²) in [5.74, 6) is -0.0530. The normalized spacial score (nSPS) is 10.8. The molecule has 16 aromatic heterocycles. The van der Waals surface area contributed by atoms with Gasteiger partial charge in [0.15, 0.2) is 11.6 Å². The molecule has 0 fully saturated rings. The largest absolute Gasteiger partial charge is 0.295 e. The second-order valence-corrected chi connectivity index (χ2v) is 36.4. The molecule has 18 heteroatoms. The van der Waals surface area contributed by atoms with Crippen LogP contribution in [0.15, 0.2) is 439 Å². The van der Waals surface area contributed by atoms with Crippen LogP contribution >= 0.6 is 0 Å². The van der Waals surface area contributed by atoms with Gasteiger partial charge in [0.1, 0.15) is 0 Å². The molecule has 0 atom stereocenters. The van der Waals surface area contributed by atoms with Gasteiger partial charge in [0.25, 0.3) is 0 Å². The molecule has 23 aromatic rings. The summed E-state index contributed by atoms with van der Waals surface area (Å²) in [6.45, 7) is 24.6. The lowest BCUT2D eigenvalue weighted by Gasteiger charge is -2.21. The highest BCUT2D eigenvalue weighted by Crippen LogP contribution is 2.37. The molecule has 0 bridgehead atoms. The van der Waals surface area contributed by atoms with Gasteiger partial charge >= 0.3 is 0 Å². The van der Waals surface area contributed by atoms with Crippen LogP contribution in [0, 0.1) is 27.7 Å². The zero-order valence-electron chi connectivity index (χ0n) is 82.5. The molecule has 16 heterocycles. The first-order chi connectivity index (χ1) is 70.0. The van der Waals surface area contributed by atoms with Crippen molar-refractivity contribution in [1.82, 2.24) is 79.7 Å². The van der Waals surface area contributed by atoms with Crippen LogP contribution in [0.3, 0.4) is 0 Å². The number of fused-ring (bicyclic) bond motifs is 9. The second-order valence-electron chi connectivity index (χ2n) is 36.4. The number of hydrogen-bond donors (Lipinski definition) is 0. The van der Waals surface area contributed by atoms with Crippen molar-refractivity contribution in [3.63, 3.8) is 0 Å². The lowest BCUT2D eigenvalue weighted by atomic mass is 9.86. The second kappa shape index (κ2) is 47.0. The van der Waals surface area contributed by atoms with E-state index in [0.29, 0.717) is 22.5 Å². The van der Waals surface area contributed by atoms with E-state index in [1.54, 1.807) is 61.4 Å². The number of ketones is 2. The van der Waals surface area contributed by atoms with Gasteiger partial charge < -0.3 is 0 Å². The minimum absolute atomic E-state index is 0.0265. The van der Waals surface area contributed by atoms with Gasteiger partial charge in [-0.1, -0.05) is 224 Å². The molecular weight excluding hydrogens is 1770 g/mol. The van der Waals surface area contributed by atoms with Gasteiger partial charge in [0.2, 0.25) is 0 Å². The number of carbonyl (C=O) groups excluding carboxylic acids is 2. The molecule has 0 saturated carbocycles. The summed E-state index contributed by atoms with van der Waals surface area (Å²) in [5.41, 5.74) is 32.7. The van der Waals surface area contributed by atoms with E-state index in [1.807, 2.05) is 208 Å². The van der Waals surface area contributed by atoms with Gasteiger partial charge in [-0.05, 0) is 288 Å². The van der Waals surface area contributed by atoms with Crippen molar-refractivity contribution in [3.05, 3.63) is 483 Å². The average molecular weight is 1880 g/mol. The van der Waals surface area contributed by atoms with Crippen molar-refractivity contribution < 1.29 is 9.59 Å². The fourth-order valence-electron chi connectivity index (χ4n) is 16.1. The average Bonchev–Trinajstić information content (AvgIpc) is 0.755. The standard InChI is InChI=1S/C24H16N2.C22H16N2.C18H24N2.C14H12N2O2.C14H12N2.C12H8N2.C12H12N2.C10H8N2/c1-3-7-17(8-4-1)19-13-15-25-23-21(19)11-12-22-20(14-16-26-24(22)23)18-9-5-2-6-10-18;1-3-7-17(8-4-1)19-11-13-23-21(15-19)22-16-20(12-14-24-22)18-9-5-2-6-10-18;1-17(2,3)13-7-9-19-15(11-13)16-12-14(8-10-20-16)18(4,5)6;1-9(17)11-3-5-15-13(7-11)14-8-12(10(2)18)4-6-16-14;1-9-5-7-15-13-11(9)3-4-12-10(2)6-8-16-14(12)13;1-3-9-5-6-10-4-2-8-14-12(10)11(9)13-7-1;1-9-3-5-13-11(7-9)12-8-10(2)4-6-14-12;1-3-7-11-9(5-1)10-6-2-4-8-12-10/h1-16H;1-16H;7-12H,1-6H3;3-8H,1-2H3;3-8H,1-2H3;1-8H;3-8H,1-2H3;1-8H. The third kappa shape index (κ3) is 25.5. The number of aromatic nitrogens is 16. The highest BCUT2D eigenvalue weighted by molar-refractivity contribution is 6.12. The topological polar surface area (TPSA) is 240 Å². The molecule has 0 saturated heterocycles. The Kier molecular flexibility index (Phi) is 32.3. The van der Waals surface area contributed by atoms with Gasteiger partial charge in [-0.3, -0.25) is 89.3 Å². The molecular formula is C126H108N16O2. The summed E-state index contributed by atoms with van der Waals surface area (Å²) in [7, 11) is 0. The molecule has 0 amide bonds. The molecule has 0 aliphatic rings. The molecule has 23 rings (SSSR count). The van der Waals surface area contributed by atoms with Crippen LogP contribution in [0.1, 0.15) is 109 Å². The van der Waals surface area contributed by atoms with Crippen molar-refractivity contribution in [1.29, 1.82) is 0 Å². The van der Waals surface area contributed by atoms with E-state index in [1.165, 1.54) is 91.4 Å². The first-order valence-corrected chi connectivity index (χ1v) is 47.6. The van der Waals surface area contributed by atoms with E-state index in [2.05, 4.69) is 319 Å². The number of carbonyl (C=O) groups is 2. The van der Waals surface area contributed by atoms with Crippen LogP contribution < -0.4 is 0 Å². The van der Waals surface area contributed by atoms with E-state index in [-0.39, 0.29) is 22.4 Å². The maximum absolute atomic E-state index is 11.3. The Labute approximate surface area is 839 Å². The molecule has 0 spiro atoms. The zero-order valence-corrected chi connectivity index (χ0v) is 82.5. The van der Waals surface area contributed by atoms with Crippen LogP contribution in [0.4, 0.5) is 0 Å². The number of rotatable bonds is 11. The van der Waals surface area contributed by atoms with Crippen LogP contribution in [0.2, 0.25) is 0 Å². The van der Waals surface area contributed by atoms with Crippen LogP contribution in [0.5, 0.6) is 0 Å². The number of pyridine rings is 16. The highest BCUT2D eigenvalue weighted by atomic mass is 16.1. The van der Waals surface area contributed by atoms with Crippen LogP contribution in [-0.2, 0) is 10.8 Å². The smallest absolute Gasteiger partial charge is 0.159 e. The summed E-state index contributed by atoms with van der Waals surface area (Å²) >= 11 is 0. The summed E-state index contributed by atoms with van der Waals surface area (Å²) in [6.07, 6.45) is 28.8. The van der Waals surface area contributed by atoms with Gasteiger partial charge in [-0.25, -0.2) is 0 Å². The predicted molar refractivity (Wildman–Crippen MR) is 587 cm³/mol. The minimum Gasteiger partial charge on any atom is -0.295 e. The van der Waals surface area contributed by atoms with Crippen molar-refractivity contribution in [2.45, 2.75) is 93.9 Å². The summed E-state index contributed by atoms with van der Waals surface area (Å²) in [4.78, 5) is 92.8. The Balaban J connectivity index is 0.000000119. The van der Waals surface area contributed by atoms with Crippen LogP contribution in [-0.4, -0.2) is 91.3 Å². The van der Waals surface area contributed by atoms with Gasteiger partial charge in [-0.15, -0.1) is 0 Å². The van der Waals surface area contributed by atoms with E-state index >= 15 is 0 Å². The van der Waals surface area contributed by atoms with Crippen molar-refractivity contribution in [3.8, 4) is 101 Å². The van der Waals surface area contributed by atoms with Crippen molar-refractivity contribution in [2.24, 2.45) is 0 Å². The first kappa shape index (κ1) is 98.9. The number of nitrogens with zero attached hydrogens (tertiary/aromatic N) is 16. The SMILES string of the molecule is CC(=O)c1ccnc(-c2cc(C(C)=O)ccn2)c1.CC(C)(C)c1ccnc(-c2cc(C(C)(C)C)ccn2)c1.Cc1ccnc(-c2cc(C)ccn2)c1.Cc1ccnc2c1ccc1c(C)ccnc12.c1ccc(-c2ccccn2)nc1.c1ccc(-c2ccnc(-c3cc(-c4ccccc4)ccn3)c2)cc1.c1ccc(-c2ccnc3c2ccc2c(-c4ccccc4)ccnc23)cc1.c1cnc2c(c1)ccc1cccnc12. The Hall–Kier alpha value is -18.2. The lowest BCUT2D eigenvalue weighted by Crippen LogP contribution is -2.12. The maximum Gasteiger partial charge on any atom is 0.159 e. The maximum atomic E-state index is 11.3. The Bertz CT molecular complexity index is 7850. The number of benzene rings is 7. The molecule has 0 aliphatic heterocycles. The molecule has 0 N–H and O–H groups in total. The Morgan fingerprint density at radius 1 is 0.194 bits per heavy atom. The van der Waals surface area contributed by atoms with Gasteiger partial charge in [-0.2, -0.15) is 0 Å². The van der Waals surface area contributed by atoms with Gasteiger partial charge in [0.05, 0.1) is 90.0 Å². The lowest BCUT2D eigenvalue weighted by molar-refractivity contribution is 0.100. The minimum atomic E-state index is -0.0265. The summed E-state index contributed by atoms with van der Waals surface area (Å²) in [5, 5.41) is 6.91. The fraction of sp³-hybridized carbons (Fsp3) is 0.111. The number of Topliss-reactive ketones (excluding diaryl/α,β-unsaturated/α-hetero) is 2. The molecule has 0 unspecified atom stereocenters.